The minimum Gasteiger partial charge on any atom is -0.194 e. The Hall–Kier alpha value is -1.67. The normalized spacial score (nSPS) is 14.1. The minimum absolute atomic E-state index is 0.241. The van der Waals surface area contributed by atoms with E-state index in [9.17, 15) is 39.5 Å². The molecule has 0 saturated carbocycles. The fourth-order valence-corrected chi connectivity index (χ4v) is 1.52. The van der Waals surface area contributed by atoms with E-state index in [1.165, 1.54) is 6.92 Å². The van der Waals surface area contributed by atoms with E-state index in [2.05, 4.69) is 6.58 Å². The number of alkyl halides is 9. The quantitative estimate of drug-likeness (QED) is 0.624. The van der Waals surface area contributed by atoms with Crippen LogP contribution in [0.4, 0.5) is 39.5 Å². The van der Waals surface area contributed by atoms with Gasteiger partial charge >= 0.3 is 23.9 Å². The summed E-state index contributed by atoms with van der Waals surface area (Å²) in [5.41, 5.74) is -1.06. The number of hydrogen-bond acceptors (Lipinski definition) is 0. The van der Waals surface area contributed by atoms with Crippen LogP contribution in [0.25, 0.3) is 5.57 Å². The Morgan fingerprint density at radius 1 is 0.773 bits per heavy atom. The largest absolute Gasteiger partial charge is 0.460 e. The van der Waals surface area contributed by atoms with Crippen molar-refractivity contribution in [3.05, 3.63) is 42.0 Å². The Balaban J connectivity index is 3.35. The molecule has 124 valence electrons. The summed E-state index contributed by atoms with van der Waals surface area (Å²) in [6, 6.07) is 2.44. The van der Waals surface area contributed by atoms with Crippen molar-refractivity contribution in [2.45, 2.75) is 30.9 Å². The predicted molar refractivity (Wildman–Crippen MR) is 61.0 cm³/mol. The number of hydrogen-bond donors (Lipinski definition) is 0. The molecule has 0 spiro atoms. The van der Waals surface area contributed by atoms with Crippen molar-refractivity contribution in [2.24, 2.45) is 0 Å². The molecule has 0 N–H and O–H groups in total. The van der Waals surface area contributed by atoms with Crippen LogP contribution >= 0.6 is 0 Å². The van der Waals surface area contributed by atoms with E-state index in [1.807, 2.05) is 0 Å². The SMILES string of the molecule is C=C(C)c1ccc(C(F)(F)C(F)(F)C(F)(F)C(F)(F)F)cc1. The summed E-state index contributed by atoms with van der Waals surface area (Å²) in [6.45, 7) is 4.89. The highest BCUT2D eigenvalue weighted by Gasteiger charge is 2.81. The van der Waals surface area contributed by atoms with Gasteiger partial charge in [-0.15, -0.1) is 0 Å². The molecule has 0 saturated heterocycles. The van der Waals surface area contributed by atoms with E-state index in [-0.39, 0.29) is 5.56 Å². The first-order chi connectivity index (χ1) is 9.66. The van der Waals surface area contributed by atoms with Gasteiger partial charge in [0, 0.05) is 5.56 Å². The molecule has 1 aromatic rings. The van der Waals surface area contributed by atoms with Crippen LogP contribution in [0.1, 0.15) is 18.1 Å². The second kappa shape index (κ2) is 5.20. The molecule has 0 aliphatic carbocycles. The Kier molecular flexibility index (Phi) is 4.35. The molecule has 1 aromatic carbocycles. The molecular weight excluding hydrogens is 327 g/mol. The molecule has 1 rings (SSSR count). The van der Waals surface area contributed by atoms with Gasteiger partial charge < -0.3 is 0 Å². The van der Waals surface area contributed by atoms with E-state index in [0.29, 0.717) is 17.7 Å². The van der Waals surface area contributed by atoms with Gasteiger partial charge in [-0.3, -0.25) is 0 Å². The monoisotopic (exact) mass is 336 g/mol. The van der Waals surface area contributed by atoms with Crippen molar-refractivity contribution in [3.8, 4) is 0 Å². The molecule has 0 atom stereocenters. The Morgan fingerprint density at radius 2 is 1.18 bits per heavy atom. The predicted octanol–water partition coefficient (Wildman–Crippen LogP) is 5.64. The van der Waals surface area contributed by atoms with E-state index in [1.54, 1.807) is 0 Å². The first-order valence-electron chi connectivity index (χ1n) is 5.63. The smallest absolute Gasteiger partial charge is 0.194 e. The standard InChI is InChI=1S/C13H9F9/c1-7(2)8-3-5-9(6-4-8)10(14,15)11(16,17)12(18,19)13(20,21)22/h3-6H,1H2,2H3. The second-order valence-electron chi connectivity index (χ2n) is 4.58. The second-order valence-corrected chi connectivity index (χ2v) is 4.58. The van der Waals surface area contributed by atoms with Crippen LogP contribution < -0.4 is 0 Å². The summed E-state index contributed by atoms with van der Waals surface area (Å²) < 4.78 is 115. The molecule has 0 bridgehead atoms. The Morgan fingerprint density at radius 3 is 1.50 bits per heavy atom. The zero-order valence-electron chi connectivity index (χ0n) is 10.9. The van der Waals surface area contributed by atoms with Crippen LogP contribution in [0.3, 0.4) is 0 Å². The maximum absolute atomic E-state index is 13.5. The van der Waals surface area contributed by atoms with Gasteiger partial charge in [0.05, 0.1) is 0 Å². The summed E-state index contributed by atoms with van der Waals surface area (Å²) >= 11 is 0. The number of allylic oxidation sites excluding steroid dienone is 1. The van der Waals surface area contributed by atoms with Gasteiger partial charge in [-0.2, -0.15) is 39.5 Å². The first-order valence-corrected chi connectivity index (χ1v) is 5.63. The first kappa shape index (κ1) is 18.4. The molecule has 0 radical (unpaired) electrons. The maximum Gasteiger partial charge on any atom is 0.460 e. The van der Waals surface area contributed by atoms with Crippen LogP contribution in [0.5, 0.6) is 0 Å². The summed E-state index contributed by atoms with van der Waals surface area (Å²) in [5.74, 6) is -19.3. The lowest BCUT2D eigenvalue weighted by atomic mass is 9.95. The van der Waals surface area contributed by atoms with Gasteiger partial charge in [0.25, 0.3) is 0 Å². The summed E-state index contributed by atoms with van der Waals surface area (Å²) in [4.78, 5) is 0. The van der Waals surface area contributed by atoms with Gasteiger partial charge in [0.2, 0.25) is 0 Å². The van der Waals surface area contributed by atoms with Crippen LogP contribution in [0.2, 0.25) is 0 Å². The van der Waals surface area contributed by atoms with Crippen LogP contribution in [-0.2, 0) is 5.92 Å². The molecule has 0 amide bonds. The zero-order valence-corrected chi connectivity index (χ0v) is 10.9. The molecule has 0 aliphatic heterocycles. The maximum atomic E-state index is 13.5. The molecular formula is C13H9F9. The Bertz CT molecular complexity index is 552. The topological polar surface area (TPSA) is 0 Å². The van der Waals surface area contributed by atoms with Gasteiger partial charge in [-0.05, 0) is 12.5 Å². The highest BCUT2D eigenvalue weighted by atomic mass is 19.4. The third-order valence-electron chi connectivity index (χ3n) is 2.88. The summed E-state index contributed by atoms with van der Waals surface area (Å²) in [7, 11) is 0. The van der Waals surface area contributed by atoms with Crippen LogP contribution in [0.15, 0.2) is 30.8 Å². The fourth-order valence-electron chi connectivity index (χ4n) is 1.52. The van der Waals surface area contributed by atoms with Crippen molar-refractivity contribution >= 4 is 5.57 Å². The van der Waals surface area contributed by atoms with E-state index in [0.717, 1.165) is 12.1 Å². The molecule has 0 heterocycles. The average molecular weight is 336 g/mol. The van der Waals surface area contributed by atoms with E-state index in [4.69, 9.17) is 0 Å². The van der Waals surface area contributed by atoms with Gasteiger partial charge in [-0.1, -0.05) is 36.4 Å². The zero-order chi connectivity index (χ0) is 17.6. The summed E-state index contributed by atoms with van der Waals surface area (Å²) in [6.07, 6.45) is -6.82. The van der Waals surface area contributed by atoms with Crippen LogP contribution in [-0.4, -0.2) is 18.0 Å². The van der Waals surface area contributed by atoms with Crippen molar-refractivity contribution in [3.63, 3.8) is 0 Å². The highest BCUT2D eigenvalue weighted by Crippen LogP contribution is 2.56. The Labute approximate surface area is 119 Å². The lowest BCUT2D eigenvalue weighted by molar-refractivity contribution is -0.399. The van der Waals surface area contributed by atoms with Crippen molar-refractivity contribution in [2.75, 3.05) is 0 Å². The molecule has 0 nitrogen and oxygen atoms in total. The molecule has 0 fully saturated rings. The van der Waals surface area contributed by atoms with E-state index < -0.39 is 29.5 Å². The minimum atomic E-state index is -6.89. The fraction of sp³-hybridized carbons (Fsp3) is 0.385. The third kappa shape index (κ3) is 2.68. The summed E-state index contributed by atoms with van der Waals surface area (Å²) in [5, 5.41) is 0. The van der Waals surface area contributed by atoms with Gasteiger partial charge in [0.15, 0.2) is 0 Å². The van der Waals surface area contributed by atoms with Crippen molar-refractivity contribution in [1.29, 1.82) is 0 Å². The third-order valence-corrected chi connectivity index (χ3v) is 2.88. The molecule has 0 aliphatic rings. The molecule has 9 heteroatoms. The molecule has 22 heavy (non-hydrogen) atoms. The molecule has 0 aromatic heterocycles. The van der Waals surface area contributed by atoms with Gasteiger partial charge in [0.1, 0.15) is 0 Å². The number of halogens is 9. The lowest BCUT2D eigenvalue weighted by Crippen LogP contribution is -2.59. The van der Waals surface area contributed by atoms with E-state index >= 15 is 0 Å². The van der Waals surface area contributed by atoms with Crippen LogP contribution in [0, 0.1) is 0 Å². The number of rotatable bonds is 4. The van der Waals surface area contributed by atoms with Crippen molar-refractivity contribution in [1.82, 2.24) is 0 Å². The highest BCUT2D eigenvalue weighted by molar-refractivity contribution is 5.61. The number of benzene rings is 1. The van der Waals surface area contributed by atoms with Gasteiger partial charge in [-0.25, -0.2) is 0 Å². The lowest BCUT2D eigenvalue weighted by Gasteiger charge is -2.33. The molecule has 0 unspecified atom stereocenters. The van der Waals surface area contributed by atoms with Crippen molar-refractivity contribution < 1.29 is 39.5 Å². The average Bonchev–Trinajstić information content (AvgIpc) is 2.37.